The minimum Gasteiger partial charge on any atom is -0.284 e. The van der Waals surface area contributed by atoms with Crippen molar-refractivity contribution in [2.24, 2.45) is 0 Å². The molecule has 100 valence electrons. The van der Waals surface area contributed by atoms with Gasteiger partial charge in [-0.05, 0) is 30.7 Å². The summed E-state index contributed by atoms with van der Waals surface area (Å²) in [6.07, 6.45) is -2.77. The van der Waals surface area contributed by atoms with Crippen LogP contribution < -0.4 is 5.56 Å². The van der Waals surface area contributed by atoms with Crippen LogP contribution in [0, 0.1) is 0 Å². The monoisotopic (exact) mass is 267 g/mol. The lowest BCUT2D eigenvalue weighted by molar-refractivity contribution is 0.150. The van der Waals surface area contributed by atoms with Gasteiger partial charge < -0.3 is 0 Å². The summed E-state index contributed by atoms with van der Waals surface area (Å²) in [7, 11) is 0. The first kappa shape index (κ1) is 13.4. The standard InChI is InChI=1S/C14H12F3NO/c1-9(15)10-3-2-4-12(7-10)18-8-11(14(16)17)5-6-13(18)19/h2-9,14H,1H3. The molecule has 0 aliphatic rings. The van der Waals surface area contributed by atoms with Gasteiger partial charge in [-0.2, -0.15) is 0 Å². The van der Waals surface area contributed by atoms with E-state index in [1.165, 1.54) is 13.0 Å². The largest absolute Gasteiger partial charge is 0.284 e. The molecule has 2 nitrogen and oxygen atoms in total. The van der Waals surface area contributed by atoms with E-state index in [0.717, 1.165) is 22.9 Å². The van der Waals surface area contributed by atoms with E-state index in [1.807, 2.05) is 0 Å². The second-order valence-electron chi connectivity index (χ2n) is 4.18. The average Bonchev–Trinajstić information content (AvgIpc) is 2.39. The van der Waals surface area contributed by atoms with Crippen molar-refractivity contribution in [2.45, 2.75) is 19.5 Å². The number of pyridine rings is 1. The number of rotatable bonds is 3. The number of alkyl halides is 3. The molecule has 0 saturated carbocycles. The van der Waals surface area contributed by atoms with Crippen LogP contribution in [0.15, 0.2) is 47.4 Å². The Morgan fingerprint density at radius 3 is 2.42 bits per heavy atom. The summed E-state index contributed by atoms with van der Waals surface area (Å²) >= 11 is 0. The molecule has 0 aliphatic heterocycles. The lowest BCUT2D eigenvalue weighted by atomic mass is 10.1. The van der Waals surface area contributed by atoms with Crippen molar-refractivity contribution in [1.29, 1.82) is 0 Å². The maximum absolute atomic E-state index is 13.2. The van der Waals surface area contributed by atoms with Crippen molar-refractivity contribution >= 4 is 0 Å². The van der Waals surface area contributed by atoms with Gasteiger partial charge in [0.05, 0.1) is 0 Å². The topological polar surface area (TPSA) is 22.0 Å². The molecular weight excluding hydrogens is 255 g/mol. The fraction of sp³-hybridized carbons (Fsp3) is 0.214. The van der Waals surface area contributed by atoms with Crippen molar-refractivity contribution < 1.29 is 13.2 Å². The van der Waals surface area contributed by atoms with E-state index in [2.05, 4.69) is 0 Å². The maximum atomic E-state index is 13.2. The lowest BCUT2D eigenvalue weighted by Crippen LogP contribution is -2.17. The Morgan fingerprint density at radius 2 is 1.79 bits per heavy atom. The Balaban J connectivity index is 2.55. The zero-order chi connectivity index (χ0) is 14.0. The molecule has 0 fully saturated rings. The summed E-state index contributed by atoms with van der Waals surface area (Å²) in [6, 6.07) is 8.38. The fourth-order valence-electron chi connectivity index (χ4n) is 1.76. The molecule has 2 rings (SSSR count). The zero-order valence-corrected chi connectivity index (χ0v) is 10.2. The van der Waals surface area contributed by atoms with Gasteiger partial charge in [0.25, 0.3) is 12.0 Å². The molecule has 0 saturated heterocycles. The summed E-state index contributed by atoms with van der Waals surface area (Å²) in [4.78, 5) is 11.7. The van der Waals surface area contributed by atoms with Gasteiger partial charge in [0.1, 0.15) is 6.17 Å². The molecule has 19 heavy (non-hydrogen) atoms. The van der Waals surface area contributed by atoms with Gasteiger partial charge in [-0.3, -0.25) is 9.36 Å². The van der Waals surface area contributed by atoms with Crippen LogP contribution in [0.5, 0.6) is 0 Å². The molecule has 5 heteroatoms. The Kier molecular flexibility index (Phi) is 3.74. The third kappa shape index (κ3) is 2.86. The molecule has 1 heterocycles. The number of hydrogen-bond acceptors (Lipinski definition) is 1. The highest BCUT2D eigenvalue weighted by Gasteiger charge is 2.10. The van der Waals surface area contributed by atoms with Crippen LogP contribution in [0.1, 0.15) is 30.6 Å². The van der Waals surface area contributed by atoms with Crippen LogP contribution >= 0.6 is 0 Å². The highest BCUT2D eigenvalue weighted by Crippen LogP contribution is 2.21. The van der Waals surface area contributed by atoms with Gasteiger partial charge in [0, 0.05) is 23.5 Å². The SMILES string of the molecule is CC(F)c1cccc(-n2cc(C(F)F)ccc2=O)c1. The number of benzene rings is 1. The van der Waals surface area contributed by atoms with Gasteiger partial charge in [0.2, 0.25) is 0 Å². The molecule has 1 aromatic heterocycles. The minimum absolute atomic E-state index is 0.252. The third-order valence-corrected chi connectivity index (χ3v) is 2.79. The first-order valence-electron chi connectivity index (χ1n) is 5.74. The second-order valence-corrected chi connectivity index (χ2v) is 4.18. The van der Waals surface area contributed by atoms with Crippen molar-refractivity contribution in [3.05, 3.63) is 64.1 Å². The number of nitrogens with zero attached hydrogens (tertiary/aromatic N) is 1. The zero-order valence-electron chi connectivity index (χ0n) is 10.2. The van der Waals surface area contributed by atoms with Crippen molar-refractivity contribution in [3.63, 3.8) is 0 Å². The summed E-state index contributed by atoms with van der Waals surface area (Å²) < 4.78 is 39.6. The molecule has 0 bridgehead atoms. The van der Waals surface area contributed by atoms with E-state index in [-0.39, 0.29) is 5.56 Å². The Morgan fingerprint density at radius 1 is 1.05 bits per heavy atom. The van der Waals surface area contributed by atoms with Crippen LogP contribution in [0.25, 0.3) is 5.69 Å². The van der Waals surface area contributed by atoms with Crippen molar-refractivity contribution in [1.82, 2.24) is 4.57 Å². The van der Waals surface area contributed by atoms with Crippen LogP contribution in [-0.4, -0.2) is 4.57 Å². The Labute approximate surface area is 108 Å². The highest BCUT2D eigenvalue weighted by molar-refractivity contribution is 5.37. The molecule has 0 spiro atoms. The minimum atomic E-state index is -2.66. The van der Waals surface area contributed by atoms with E-state index in [0.29, 0.717) is 11.3 Å². The molecule has 1 atom stereocenters. The van der Waals surface area contributed by atoms with Gasteiger partial charge >= 0.3 is 0 Å². The highest BCUT2D eigenvalue weighted by atomic mass is 19.3. The Bertz CT molecular complexity index is 635. The fourth-order valence-corrected chi connectivity index (χ4v) is 1.76. The third-order valence-electron chi connectivity index (χ3n) is 2.79. The number of hydrogen-bond donors (Lipinski definition) is 0. The van der Waals surface area contributed by atoms with E-state index < -0.39 is 18.2 Å². The first-order valence-corrected chi connectivity index (χ1v) is 5.74. The van der Waals surface area contributed by atoms with Gasteiger partial charge in [-0.15, -0.1) is 0 Å². The van der Waals surface area contributed by atoms with Crippen LogP contribution in [0.2, 0.25) is 0 Å². The molecule has 2 aromatic rings. The van der Waals surface area contributed by atoms with Crippen molar-refractivity contribution in [3.8, 4) is 5.69 Å². The smallest absolute Gasteiger partial charge is 0.265 e. The van der Waals surface area contributed by atoms with E-state index in [4.69, 9.17) is 0 Å². The van der Waals surface area contributed by atoms with Crippen LogP contribution in [0.4, 0.5) is 13.2 Å². The van der Waals surface area contributed by atoms with E-state index >= 15 is 0 Å². The molecule has 0 amide bonds. The summed E-state index contributed by atoms with van der Waals surface area (Å²) in [5, 5.41) is 0. The molecule has 0 N–H and O–H groups in total. The number of halogens is 3. The van der Waals surface area contributed by atoms with Gasteiger partial charge in [0.15, 0.2) is 0 Å². The second kappa shape index (κ2) is 5.30. The molecule has 0 aliphatic carbocycles. The first-order chi connectivity index (χ1) is 8.99. The average molecular weight is 267 g/mol. The molecule has 1 unspecified atom stereocenters. The van der Waals surface area contributed by atoms with E-state index in [9.17, 15) is 18.0 Å². The van der Waals surface area contributed by atoms with Crippen LogP contribution in [-0.2, 0) is 0 Å². The summed E-state index contributed by atoms with van der Waals surface area (Å²) in [5.74, 6) is 0. The molecular formula is C14H12F3NO. The lowest BCUT2D eigenvalue weighted by Gasteiger charge is -2.10. The Hall–Kier alpha value is -2.04. The molecule has 0 radical (unpaired) electrons. The maximum Gasteiger partial charge on any atom is 0.265 e. The van der Waals surface area contributed by atoms with E-state index in [1.54, 1.807) is 18.2 Å². The van der Waals surface area contributed by atoms with Gasteiger partial charge in [-0.25, -0.2) is 13.2 Å². The normalized spacial score (nSPS) is 12.7. The molecule has 1 aromatic carbocycles. The number of aromatic nitrogens is 1. The van der Waals surface area contributed by atoms with Crippen LogP contribution in [0.3, 0.4) is 0 Å². The van der Waals surface area contributed by atoms with Crippen molar-refractivity contribution in [2.75, 3.05) is 0 Å². The predicted molar refractivity (Wildman–Crippen MR) is 66.5 cm³/mol. The summed E-state index contributed by atoms with van der Waals surface area (Å²) in [5.41, 5.74) is 0.0766. The van der Waals surface area contributed by atoms with Gasteiger partial charge in [-0.1, -0.05) is 12.1 Å². The predicted octanol–water partition coefficient (Wildman–Crippen LogP) is 3.81. The quantitative estimate of drug-likeness (QED) is 0.829. The summed E-state index contributed by atoms with van der Waals surface area (Å²) in [6.45, 7) is 1.37.